The van der Waals surface area contributed by atoms with E-state index in [1.807, 2.05) is 12.1 Å². The lowest BCUT2D eigenvalue weighted by Gasteiger charge is -2.38. The summed E-state index contributed by atoms with van der Waals surface area (Å²) in [5, 5.41) is 6.85. The van der Waals surface area contributed by atoms with Crippen molar-refractivity contribution in [2.45, 2.75) is 38.8 Å². The molecule has 1 heterocycles. The summed E-state index contributed by atoms with van der Waals surface area (Å²) in [6, 6.07) is 12.5. The first-order valence-electron chi connectivity index (χ1n) is 7.95. The highest BCUT2D eigenvalue weighted by Crippen LogP contribution is 2.39. The van der Waals surface area contributed by atoms with Gasteiger partial charge in [-0.2, -0.15) is 0 Å². The third-order valence-corrected chi connectivity index (χ3v) is 4.23. The Labute approximate surface area is 147 Å². The van der Waals surface area contributed by atoms with Crippen molar-refractivity contribution < 1.29 is 9.13 Å². The van der Waals surface area contributed by atoms with Gasteiger partial charge in [0.25, 0.3) is 0 Å². The van der Waals surface area contributed by atoms with E-state index in [-0.39, 0.29) is 17.5 Å². The summed E-state index contributed by atoms with van der Waals surface area (Å²) in [5.74, 6) is 0.582. The standard InChI is InChI=1S/C19H21FN2OS/c1-12-7-8-17-15(9-12)16(11-19(2,3)23-17)22-18(24)21-14-6-4-5-13(20)10-14/h4-10,16H,11H2,1-3H3,(H2,21,22,24)/t16-/m0/s1. The van der Waals surface area contributed by atoms with Crippen molar-refractivity contribution in [3.63, 3.8) is 0 Å². The van der Waals surface area contributed by atoms with E-state index in [9.17, 15) is 4.39 Å². The molecule has 0 bridgehead atoms. The molecule has 0 aromatic heterocycles. The Kier molecular flexibility index (Phi) is 4.45. The van der Waals surface area contributed by atoms with E-state index in [4.69, 9.17) is 17.0 Å². The first-order valence-corrected chi connectivity index (χ1v) is 8.36. The van der Waals surface area contributed by atoms with Gasteiger partial charge >= 0.3 is 0 Å². The minimum atomic E-state index is -0.295. The van der Waals surface area contributed by atoms with Crippen LogP contribution in [0, 0.1) is 12.7 Å². The van der Waals surface area contributed by atoms with Crippen molar-refractivity contribution >= 4 is 23.0 Å². The lowest BCUT2D eigenvalue weighted by molar-refractivity contribution is 0.0696. The van der Waals surface area contributed by atoms with Crippen LogP contribution in [0.15, 0.2) is 42.5 Å². The number of thiocarbonyl (C=S) groups is 1. The lowest BCUT2D eigenvalue weighted by Crippen LogP contribution is -2.42. The van der Waals surface area contributed by atoms with Gasteiger partial charge < -0.3 is 15.4 Å². The van der Waals surface area contributed by atoms with Gasteiger partial charge in [0.1, 0.15) is 17.2 Å². The SMILES string of the molecule is Cc1ccc2c(c1)[C@@H](NC(=S)Nc1cccc(F)c1)CC(C)(C)O2. The van der Waals surface area contributed by atoms with Crippen molar-refractivity contribution in [3.8, 4) is 5.75 Å². The Hall–Kier alpha value is -2.14. The quantitative estimate of drug-likeness (QED) is 0.772. The zero-order chi connectivity index (χ0) is 17.3. The number of hydrogen-bond donors (Lipinski definition) is 2. The topological polar surface area (TPSA) is 33.3 Å². The molecule has 0 spiro atoms. The Balaban J connectivity index is 1.79. The summed E-state index contributed by atoms with van der Waals surface area (Å²) in [5.41, 5.74) is 2.61. The summed E-state index contributed by atoms with van der Waals surface area (Å²) in [4.78, 5) is 0. The third kappa shape index (κ3) is 3.85. The summed E-state index contributed by atoms with van der Waals surface area (Å²) >= 11 is 5.41. The van der Waals surface area contributed by atoms with Gasteiger partial charge in [0.15, 0.2) is 5.11 Å². The molecule has 0 amide bonds. The maximum atomic E-state index is 13.3. The van der Waals surface area contributed by atoms with Crippen LogP contribution in [0.5, 0.6) is 5.75 Å². The second-order valence-corrected chi connectivity index (χ2v) is 7.18. The van der Waals surface area contributed by atoms with Crippen LogP contribution in [-0.2, 0) is 0 Å². The van der Waals surface area contributed by atoms with Crippen LogP contribution in [0.3, 0.4) is 0 Å². The van der Waals surface area contributed by atoms with Crippen molar-refractivity contribution in [2.75, 3.05) is 5.32 Å². The molecule has 0 saturated heterocycles. The maximum Gasteiger partial charge on any atom is 0.171 e. The molecule has 5 heteroatoms. The summed E-state index contributed by atoms with van der Waals surface area (Å²) in [7, 11) is 0. The number of benzene rings is 2. The smallest absolute Gasteiger partial charge is 0.171 e. The number of ether oxygens (including phenoxy) is 1. The van der Waals surface area contributed by atoms with Gasteiger partial charge in [-0.1, -0.05) is 23.8 Å². The van der Waals surface area contributed by atoms with E-state index in [0.29, 0.717) is 10.8 Å². The van der Waals surface area contributed by atoms with Crippen molar-refractivity contribution in [3.05, 3.63) is 59.4 Å². The number of rotatable bonds is 2. The van der Waals surface area contributed by atoms with Gasteiger partial charge in [-0.25, -0.2) is 4.39 Å². The molecule has 0 unspecified atom stereocenters. The number of fused-ring (bicyclic) bond motifs is 1. The fraction of sp³-hybridized carbons (Fsp3) is 0.316. The van der Waals surface area contributed by atoms with Crippen LogP contribution in [0.1, 0.15) is 37.4 Å². The second kappa shape index (κ2) is 6.40. The van der Waals surface area contributed by atoms with Gasteiger partial charge in [-0.15, -0.1) is 0 Å². The van der Waals surface area contributed by atoms with Crippen LogP contribution >= 0.6 is 12.2 Å². The molecule has 0 saturated carbocycles. The summed E-state index contributed by atoms with van der Waals surface area (Å²) in [6.45, 7) is 6.18. The highest BCUT2D eigenvalue weighted by Gasteiger charge is 2.34. The van der Waals surface area contributed by atoms with Gasteiger partial charge in [-0.05, 0) is 57.3 Å². The molecule has 24 heavy (non-hydrogen) atoms. The average molecular weight is 344 g/mol. The molecular weight excluding hydrogens is 323 g/mol. The Morgan fingerprint density at radius 3 is 2.79 bits per heavy atom. The van der Waals surface area contributed by atoms with Crippen LogP contribution in [0.2, 0.25) is 0 Å². The van der Waals surface area contributed by atoms with Crippen molar-refractivity contribution in [1.82, 2.24) is 5.32 Å². The number of hydrogen-bond acceptors (Lipinski definition) is 2. The molecule has 0 radical (unpaired) electrons. The number of nitrogens with one attached hydrogen (secondary N) is 2. The Morgan fingerprint density at radius 2 is 2.04 bits per heavy atom. The fourth-order valence-corrected chi connectivity index (χ4v) is 3.25. The van der Waals surface area contributed by atoms with E-state index in [2.05, 4.69) is 37.5 Å². The van der Waals surface area contributed by atoms with Crippen LogP contribution in [-0.4, -0.2) is 10.7 Å². The molecule has 0 fully saturated rings. The van der Waals surface area contributed by atoms with E-state index < -0.39 is 0 Å². The van der Waals surface area contributed by atoms with Gasteiger partial charge in [-0.3, -0.25) is 0 Å². The first kappa shape index (κ1) is 16.7. The van der Waals surface area contributed by atoms with Crippen LogP contribution in [0.25, 0.3) is 0 Å². The molecule has 2 aromatic rings. The third-order valence-electron chi connectivity index (χ3n) is 4.01. The maximum absolute atomic E-state index is 13.3. The highest BCUT2D eigenvalue weighted by atomic mass is 32.1. The van der Waals surface area contributed by atoms with E-state index in [1.165, 1.54) is 17.7 Å². The predicted octanol–water partition coefficient (Wildman–Crippen LogP) is 4.72. The molecule has 3 nitrogen and oxygen atoms in total. The van der Waals surface area contributed by atoms with Crippen molar-refractivity contribution in [2.24, 2.45) is 0 Å². The number of anilines is 1. The minimum absolute atomic E-state index is 0.0391. The monoisotopic (exact) mass is 344 g/mol. The zero-order valence-electron chi connectivity index (χ0n) is 14.0. The Bertz CT molecular complexity index is 776. The minimum Gasteiger partial charge on any atom is -0.487 e. The molecule has 3 rings (SSSR count). The molecule has 2 N–H and O–H groups in total. The van der Waals surface area contributed by atoms with Crippen molar-refractivity contribution in [1.29, 1.82) is 0 Å². The number of halogens is 1. The fourth-order valence-electron chi connectivity index (χ4n) is 2.99. The molecule has 2 aromatic carbocycles. The largest absolute Gasteiger partial charge is 0.487 e. The average Bonchev–Trinajstić information content (AvgIpc) is 2.47. The second-order valence-electron chi connectivity index (χ2n) is 6.77. The van der Waals surface area contributed by atoms with E-state index >= 15 is 0 Å². The van der Waals surface area contributed by atoms with E-state index in [1.54, 1.807) is 12.1 Å². The van der Waals surface area contributed by atoms with E-state index in [0.717, 1.165) is 17.7 Å². The van der Waals surface area contributed by atoms with Crippen LogP contribution in [0.4, 0.5) is 10.1 Å². The molecule has 1 aliphatic rings. The predicted molar refractivity (Wildman–Crippen MR) is 99.0 cm³/mol. The zero-order valence-corrected chi connectivity index (χ0v) is 14.8. The molecule has 1 atom stereocenters. The van der Waals surface area contributed by atoms with Crippen LogP contribution < -0.4 is 15.4 Å². The van der Waals surface area contributed by atoms with Gasteiger partial charge in [0.2, 0.25) is 0 Å². The summed E-state index contributed by atoms with van der Waals surface area (Å²) < 4.78 is 19.4. The highest BCUT2D eigenvalue weighted by molar-refractivity contribution is 7.80. The first-order chi connectivity index (χ1) is 11.3. The lowest BCUT2D eigenvalue weighted by atomic mass is 9.89. The normalized spacial score (nSPS) is 18.2. The van der Waals surface area contributed by atoms with Gasteiger partial charge in [0, 0.05) is 17.7 Å². The molecule has 1 aliphatic heterocycles. The Morgan fingerprint density at radius 1 is 1.25 bits per heavy atom. The van der Waals surface area contributed by atoms with Gasteiger partial charge in [0.05, 0.1) is 6.04 Å². The molecule has 126 valence electrons. The molecular formula is C19H21FN2OS. The number of aryl methyl sites for hydroxylation is 1. The summed E-state index contributed by atoms with van der Waals surface area (Å²) in [6.07, 6.45) is 0.786. The molecule has 0 aliphatic carbocycles.